The lowest BCUT2D eigenvalue weighted by Gasteiger charge is -2.34. The van der Waals surface area contributed by atoms with Crippen molar-refractivity contribution >= 4 is 11.8 Å². The van der Waals surface area contributed by atoms with E-state index < -0.39 is 0 Å². The summed E-state index contributed by atoms with van der Waals surface area (Å²) in [6.07, 6.45) is 16.3. The third-order valence-electron chi connectivity index (χ3n) is 8.08. The van der Waals surface area contributed by atoms with Crippen LogP contribution < -0.4 is 20.7 Å². The number of unbranched alkanes of at least 4 members (excludes halogenated alkanes) is 1. The van der Waals surface area contributed by atoms with Crippen LogP contribution in [-0.2, 0) is 16.0 Å². The predicted octanol–water partition coefficient (Wildman–Crippen LogP) is 6.97. The number of rotatable bonds is 8. The summed E-state index contributed by atoms with van der Waals surface area (Å²) in [5, 5.41) is 9.39. The van der Waals surface area contributed by atoms with Gasteiger partial charge in [0, 0.05) is 31.9 Å². The van der Waals surface area contributed by atoms with Crippen molar-refractivity contribution in [3.63, 3.8) is 0 Å². The number of likely N-dealkylation sites (N-methyl/N-ethyl adjacent to an activating group) is 1. The maximum atomic E-state index is 12.6. The second kappa shape index (κ2) is 23.1. The highest BCUT2D eigenvalue weighted by molar-refractivity contribution is 5.85. The van der Waals surface area contributed by atoms with Crippen LogP contribution in [-0.4, -0.2) is 62.1 Å². The van der Waals surface area contributed by atoms with Crippen molar-refractivity contribution in [2.75, 3.05) is 33.2 Å². The minimum absolute atomic E-state index is 0.00899. The molecule has 0 aliphatic carbocycles. The maximum absolute atomic E-state index is 12.6. The van der Waals surface area contributed by atoms with Crippen LogP contribution in [0.4, 0.5) is 0 Å². The topological polar surface area (TPSA) is 82.7 Å². The minimum atomic E-state index is -0.170. The number of para-hydroxylation sites is 1. The third kappa shape index (κ3) is 16.5. The first-order chi connectivity index (χ1) is 21.6. The first kappa shape index (κ1) is 39.7. The highest BCUT2D eigenvalue weighted by Gasteiger charge is 2.25. The van der Waals surface area contributed by atoms with Gasteiger partial charge in [0.2, 0.25) is 11.8 Å². The van der Waals surface area contributed by atoms with Gasteiger partial charge in [0.05, 0.1) is 13.1 Å². The summed E-state index contributed by atoms with van der Waals surface area (Å²) in [4.78, 5) is 26.8. The van der Waals surface area contributed by atoms with Gasteiger partial charge in [-0.25, -0.2) is 0 Å². The number of hydrogen-bond acceptors (Lipinski definition) is 5. The molecule has 1 aliphatic heterocycles. The standard InChI is InChI=1S/C27H44N4O3.C11H18/c1-6-8-14-23-27(20(3)7-2)30-17-21(4)34-24-15-10-9-12-22(24)13-11-16-28-25(32)18-29-26(33)19-31(23)5;1-5-10(3)8-7-9-11(4)6-2/h9-10,12,14-15,20-21,27,30H,6-8,11,13,16-19H2,1-5H3,(H,28,32)(H,29,33);5,7-9,11H,1,6H2,2-4H3/b23-14+;9-7-,10-8-/t20?,21-,27?;/m1./s1. The number of nitrogens with one attached hydrogen (secondary N) is 3. The number of benzene rings is 1. The number of fused-ring (bicyclic) bond motifs is 1. The van der Waals surface area contributed by atoms with Crippen molar-refractivity contribution in [1.82, 2.24) is 20.9 Å². The van der Waals surface area contributed by atoms with E-state index in [4.69, 9.17) is 4.74 Å². The summed E-state index contributed by atoms with van der Waals surface area (Å²) in [6.45, 7) is 20.3. The lowest BCUT2D eigenvalue weighted by Crippen LogP contribution is -2.47. The molecular weight excluding hydrogens is 560 g/mol. The van der Waals surface area contributed by atoms with Crippen molar-refractivity contribution in [1.29, 1.82) is 0 Å². The van der Waals surface area contributed by atoms with Crippen LogP contribution >= 0.6 is 0 Å². The number of carbonyl (C=O) groups is 2. The lowest BCUT2D eigenvalue weighted by molar-refractivity contribution is -0.126. The molecule has 0 saturated carbocycles. The number of carbonyl (C=O) groups excluding carboxylic acids is 2. The number of allylic oxidation sites excluding steroid dienone is 6. The van der Waals surface area contributed by atoms with Gasteiger partial charge in [0.1, 0.15) is 11.9 Å². The van der Waals surface area contributed by atoms with E-state index in [-0.39, 0.29) is 37.0 Å². The van der Waals surface area contributed by atoms with Crippen LogP contribution in [0, 0.1) is 11.8 Å². The molecule has 0 bridgehead atoms. The zero-order valence-electron chi connectivity index (χ0n) is 29.5. The highest BCUT2D eigenvalue weighted by atomic mass is 16.5. The van der Waals surface area contributed by atoms with Gasteiger partial charge >= 0.3 is 0 Å². The second-order valence-corrected chi connectivity index (χ2v) is 12.2. The van der Waals surface area contributed by atoms with Gasteiger partial charge in [0.15, 0.2) is 0 Å². The van der Waals surface area contributed by atoms with Gasteiger partial charge in [-0.3, -0.25) is 9.59 Å². The molecule has 45 heavy (non-hydrogen) atoms. The summed E-state index contributed by atoms with van der Waals surface area (Å²) in [7, 11) is 1.95. The summed E-state index contributed by atoms with van der Waals surface area (Å²) < 4.78 is 6.34. The monoisotopic (exact) mass is 622 g/mol. The number of amides is 2. The van der Waals surface area contributed by atoms with Crippen LogP contribution in [0.3, 0.4) is 0 Å². The van der Waals surface area contributed by atoms with Crippen molar-refractivity contribution in [2.45, 2.75) is 99.1 Å². The number of nitrogens with zero attached hydrogens (tertiary/aromatic N) is 1. The normalized spacial score (nSPS) is 21.6. The van der Waals surface area contributed by atoms with E-state index >= 15 is 0 Å². The van der Waals surface area contributed by atoms with E-state index in [1.807, 2.05) is 43.1 Å². The minimum Gasteiger partial charge on any atom is -0.489 e. The quantitative estimate of drug-likeness (QED) is 0.273. The SMILES string of the molecule is C=C/C(C)=C\C=C/C(C)CC.CCC/C=C1\C(C(C)CC)NC[C@@H](C)Oc2ccccc2CCCNC(=O)CNC(=O)CN1C. The molecule has 1 aromatic carbocycles. The van der Waals surface area contributed by atoms with Crippen molar-refractivity contribution in [3.05, 3.63) is 78.1 Å². The molecular formula is C38H62N4O3. The Kier molecular flexibility index (Phi) is 20.4. The van der Waals surface area contributed by atoms with E-state index in [2.05, 4.69) is 94.4 Å². The van der Waals surface area contributed by atoms with Gasteiger partial charge in [-0.2, -0.15) is 0 Å². The molecule has 0 spiro atoms. The summed E-state index contributed by atoms with van der Waals surface area (Å²) >= 11 is 0. The molecule has 0 fully saturated rings. The fourth-order valence-corrected chi connectivity index (χ4v) is 4.73. The lowest BCUT2D eigenvalue weighted by atomic mass is 9.94. The van der Waals surface area contributed by atoms with Gasteiger partial charge in [-0.1, -0.05) is 115 Å². The Hall–Kier alpha value is -3.32. The molecule has 0 aromatic heterocycles. The molecule has 0 radical (unpaired) electrons. The fraction of sp³-hybridized carbons (Fsp3) is 0.579. The van der Waals surface area contributed by atoms with Crippen molar-refractivity contribution in [3.8, 4) is 5.75 Å². The molecule has 2 rings (SSSR count). The average Bonchev–Trinajstić information content (AvgIpc) is 3.03. The largest absolute Gasteiger partial charge is 0.489 e. The van der Waals surface area contributed by atoms with E-state index in [9.17, 15) is 9.59 Å². The molecule has 7 nitrogen and oxygen atoms in total. The Morgan fingerprint density at radius 1 is 1.11 bits per heavy atom. The van der Waals surface area contributed by atoms with Crippen molar-refractivity contribution in [2.24, 2.45) is 11.8 Å². The van der Waals surface area contributed by atoms with Crippen molar-refractivity contribution < 1.29 is 14.3 Å². The molecule has 1 aromatic rings. The Balaban J connectivity index is 0.000000782. The Bertz CT molecular complexity index is 1110. The molecule has 3 N–H and O–H groups in total. The van der Waals surface area contributed by atoms with Gasteiger partial charge in [0.25, 0.3) is 0 Å². The smallest absolute Gasteiger partial charge is 0.239 e. The van der Waals surface area contributed by atoms with E-state index in [1.165, 1.54) is 12.0 Å². The number of ether oxygens (including phenoxy) is 1. The molecule has 7 heteroatoms. The second-order valence-electron chi connectivity index (χ2n) is 12.2. The van der Waals surface area contributed by atoms with E-state index in [1.54, 1.807) is 0 Å². The zero-order chi connectivity index (χ0) is 33.6. The predicted molar refractivity (Wildman–Crippen MR) is 190 cm³/mol. The fourth-order valence-electron chi connectivity index (χ4n) is 4.73. The molecule has 1 heterocycles. The summed E-state index contributed by atoms with van der Waals surface area (Å²) in [5.74, 6) is 1.63. The first-order valence-corrected chi connectivity index (χ1v) is 17.0. The van der Waals surface area contributed by atoms with Crippen LogP contribution in [0.15, 0.2) is 72.5 Å². The Morgan fingerprint density at radius 2 is 1.84 bits per heavy atom. The summed E-state index contributed by atoms with van der Waals surface area (Å²) in [6, 6.07) is 8.21. The van der Waals surface area contributed by atoms with Crippen LogP contribution in [0.1, 0.15) is 86.1 Å². The molecule has 2 amide bonds. The zero-order valence-corrected chi connectivity index (χ0v) is 29.5. The number of aryl methyl sites for hydroxylation is 1. The molecule has 1 aliphatic rings. The van der Waals surface area contributed by atoms with Crippen LogP contribution in [0.25, 0.3) is 0 Å². The van der Waals surface area contributed by atoms with Crippen LogP contribution in [0.5, 0.6) is 5.75 Å². The van der Waals surface area contributed by atoms with E-state index in [0.717, 1.165) is 49.1 Å². The van der Waals surface area contributed by atoms with Gasteiger partial charge in [-0.05, 0) is 56.6 Å². The number of hydrogen-bond donors (Lipinski definition) is 3. The maximum Gasteiger partial charge on any atom is 0.239 e. The third-order valence-corrected chi connectivity index (χ3v) is 8.08. The van der Waals surface area contributed by atoms with E-state index in [0.29, 0.717) is 24.9 Å². The Morgan fingerprint density at radius 3 is 2.51 bits per heavy atom. The molecule has 4 atom stereocenters. The average molecular weight is 623 g/mol. The van der Waals surface area contributed by atoms with Gasteiger partial charge in [-0.15, -0.1) is 0 Å². The molecule has 252 valence electrons. The summed E-state index contributed by atoms with van der Waals surface area (Å²) in [5.41, 5.74) is 3.47. The first-order valence-electron chi connectivity index (χ1n) is 17.0. The van der Waals surface area contributed by atoms with Crippen LogP contribution in [0.2, 0.25) is 0 Å². The molecule has 3 unspecified atom stereocenters. The Labute approximate surface area is 274 Å². The van der Waals surface area contributed by atoms with Gasteiger partial charge < -0.3 is 25.6 Å². The highest BCUT2D eigenvalue weighted by Crippen LogP contribution is 2.23. The molecule has 0 saturated heterocycles.